The number of rotatable bonds is 3. The Morgan fingerprint density at radius 2 is 2.11 bits per heavy atom. The molecule has 2 atom stereocenters. The first-order chi connectivity index (χ1) is 12.9. The van der Waals surface area contributed by atoms with E-state index in [4.69, 9.17) is 11.5 Å². The molecular weight excluding hydrogens is 351 g/mol. The van der Waals surface area contributed by atoms with Gasteiger partial charge in [-0.3, -0.25) is 9.59 Å². The van der Waals surface area contributed by atoms with E-state index in [-0.39, 0.29) is 11.6 Å². The number of halogens is 1. The van der Waals surface area contributed by atoms with Gasteiger partial charge in [-0.05, 0) is 37.3 Å². The number of aromatic amines is 1. The van der Waals surface area contributed by atoms with E-state index in [1.165, 1.54) is 6.07 Å². The first kappa shape index (κ1) is 17.8. The van der Waals surface area contributed by atoms with Crippen molar-refractivity contribution in [2.75, 3.05) is 18.0 Å². The van der Waals surface area contributed by atoms with E-state index in [2.05, 4.69) is 4.98 Å². The molecule has 0 bridgehead atoms. The molecule has 7 nitrogen and oxygen atoms in total. The quantitative estimate of drug-likeness (QED) is 0.648. The molecule has 6 N–H and O–H groups in total. The molecule has 2 heterocycles. The van der Waals surface area contributed by atoms with Crippen molar-refractivity contribution >= 4 is 28.5 Å². The van der Waals surface area contributed by atoms with Gasteiger partial charge in [0.25, 0.3) is 5.91 Å². The highest BCUT2D eigenvalue weighted by Gasteiger charge is 2.32. The number of amides is 1. The molecule has 2 aliphatic rings. The van der Waals surface area contributed by atoms with Gasteiger partial charge in [0.2, 0.25) is 0 Å². The van der Waals surface area contributed by atoms with Crippen molar-refractivity contribution in [3.05, 3.63) is 28.7 Å². The summed E-state index contributed by atoms with van der Waals surface area (Å²) in [4.78, 5) is 28.4. The Kier molecular flexibility index (Phi) is 4.30. The topological polar surface area (TPSA) is 125 Å². The zero-order valence-corrected chi connectivity index (χ0v) is 14.9. The molecule has 8 heteroatoms. The monoisotopic (exact) mass is 374 g/mol. The SMILES string of the molecule is NC(=O)c1cc(F)c(N2CCC[C@H](N)C2)c2c3c([nH]c12)CC(C(=O)O)CC3. The molecule has 0 radical (unpaired) electrons. The number of fused-ring (bicyclic) bond motifs is 3. The van der Waals surface area contributed by atoms with E-state index in [1.807, 2.05) is 4.90 Å². The van der Waals surface area contributed by atoms with Gasteiger partial charge >= 0.3 is 5.97 Å². The molecule has 1 aliphatic heterocycles. The van der Waals surface area contributed by atoms with Crippen molar-refractivity contribution in [3.8, 4) is 0 Å². The average Bonchev–Trinajstić information content (AvgIpc) is 2.99. The van der Waals surface area contributed by atoms with Gasteiger partial charge in [0, 0.05) is 36.6 Å². The zero-order valence-electron chi connectivity index (χ0n) is 14.9. The number of benzene rings is 1. The second-order valence-corrected chi connectivity index (χ2v) is 7.58. The van der Waals surface area contributed by atoms with Crippen molar-refractivity contribution in [2.45, 2.75) is 38.1 Å². The fourth-order valence-corrected chi connectivity index (χ4v) is 4.49. The second kappa shape index (κ2) is 6.53. The van der Waals surface area contributed by atoms with Crippen LogP contribution in [0.2, 0.25) is 0 Å². The van der Waals surface area contributed by atoms with Crippen LogP contribution in [0.4, 0.5) is 10.1 Å². The van der Waals surface area contributed by atoms with Crippen molar-refractivity contribution in [1.29, 1.82) is 0 Å². The molecule has 4 rings (SSSR count). The predicted molar refractivity (Wildman–Crippen MR) is 99.3 cm³/mol. The molecule has 1 aromatic heterocycles. The number of carbonyl (C=O) groups is 2. The third kappa shape index (κ3) is 2.93. The number of H-pyrrole nitrogens is 1. The normalized spacial score (nSPS) is 22.7. The zero-order chi connectivity index (χ0) is 19.3. The number of carbonyl (C=O) groups excluding carboxylic acids is 1. The van der Waals surface area contributed by atoms with Gasteiger partial charge in [-0.1, -0.05) is 0 Å². The van der Waals surface area contributed by atoms with Crippen LogP contribution in [0, 0.1) is 11.7 Å². The molecule has 2 aromatic rings. The maximum atomic E-state index is 15.1. The van der Waals surface area contributed by atoms with Crippen LogP contribution in [0.15, 0.2) is 6.07 Å². The molecular formula is C19H23FN4O3. The van der Waals surface area contributed by atoms with Crippen molar-refractivity contribution in [2.24, 2.45) is 17.4 Å². The van der Waals surface area contributed by atoms with E-state index < -0.39 is 23.6 Å². The second-order valence-electron chi connectivity index (χ2n) is 7.58. The van der Waals surface area contributed by atoms with E-state index in [0.29, 0.717) is 48.9 Å². The van der Waals surface area contributed by atoms with Crippen molar-refractivity contribution < 1.29 is 19.1 Å². The van der Waals surface area contributed by atoms with Gasteiger partial charge in [-0.2, -0.15) is 0 Å². The predicted octanol–water partition coefficient (Wildman–Crippen LogP) is 1.52. The van der Waals surface area contributed by atoms with Gasteiger partial charge in [-0.25, -0.2) is 4.39 Å². The Morgan fingerprint density at radius 1 is 1.33 bits per heavy atom. The number of primary amides is 1. The summed E-state index contributed by atoms with van der Waals surface area (Å²) >= 11 is 0. The molecule has 0 spiro atoms. The fourth-order valence-electron chi connectivity index (χ4n) is 4.49. The van der Waals surface area contributed by atoms with Crippen LogP contribution in [0.3, 0.4) is 0 Å². The number of anilines is 1. The number of aryl methyl sites for hydroxylation is 1. The molecule has 1 unspecified atom stereocenters. The number of nitrogens with one attached hydrogen (secondary N) is 1. The molecule has 144 valence electrons. The Labute approximate surface area is 155 Å². The number of nitrogens with two attached hydrogens (primary N) is 2. The smallest absolute Gasteiger partial charge is 0.306 e. The van der Waals surface area contributed by atoms with Crippen LogP contribution < -0.4 is 16.4 Å². The summed E-state index contributed by atoms with van der Waals surface area (Å²) in [5.74, 6) is -2.54. The molecule has 1 amide bonds. The Balaban J connectivity index is 1.93. The minimum atomic E-state index is -0.845. The minimum Gasteiger partial charge on any atom is -0.481 e. The fraction of sp³-hybridized carbons (Fsp3) is 0.474. The Bertz CT molecular complexity index is 939. The van der Waals surface area contributed by atoms with Gasteiger partial charge in [0.15, 0.2) is 0 Å². The summed E-state index contributed by atoms with van der Waals surface area (Å²) in [7, 11) is 0. The lowest BCUT2D eigenvalue weighted by molar-refractivity contribution is -0.142. The van der Waals surface area contributed by atoms with Crippen LogP contribution in [0.25, 0.3) is 10.9 Å². The van der Waals surface area contributed by atoms with Crippen LogP contribution in [-0.2, 0) is 17.6 Å². The number of hydrogen-bond donors (Lipinski definition) is 4. The lowest BCUT2D eigenvalue weighted by Crippen LogP contribution is -2.43. The Morgan fingerprint density at radius 3 is 2.78 bits per heavy atom. The van der Waals surface area contributed by atoms with Crippen LogP contribution in [-0.4, -0.2) is 41.1 Å². The lowest BCUT2D eigenvalue weighted by atomic mass is 9.86. The van der Waals surface area contributed by atoms with Gasteiger partial charge in [-0.15, -0.1) is 0 Å². The van der Waals surface area contributed by atoms with E-state index >= 15 is 4.39 Å². The maximum absolute atomic E-state index is 15.1. The highest BCUT2D eigenvalue weighted by atomic mass is 19.1. The molecule has 0 saturated carbocycles. The van der Waals surface area contributed by atoms with Crippen LogP contribution in [0.1, 0.15) is 40.9 Å². The van der Waals surface area contributed by atoms with E-state index in [1.54, 1.807) is 0 Å². The molecule has 1 aromatic carbocycles. The number of carboxylic acid groups (broad SMARTS) is 1. The van der Waals surface area contributed by atoms with Gasteiger partial charge < -0.3 is 26.5 Å². The van der Waals surface area contributed by atoms with Crippen LogP contribution in [0.5, 0.6) is 0 Å². The number of aromatic nitrogens is 1. The van der Waals surface area contributed by atoms with Crippen LogP contribution >= 0.6 is 0 Å². The lowest BCUT2D eigenvalue weighted by Gasteiger charge is -2.34. The van der Waals surface area contributed by atoms with Gasteiger partial charge in [0.1, 0.15) is 5.82 Å². The summed E-state index contributed by atoms with van der Waals surface area (Å²) in [5, 5.41) is 9.99. The first-order valence-corrected chi connectivity index (χ1v) is 9.26. The summed E-state index contributed by atoms with van der Waals surface area (Å²) in [6.07, 6.45) is 3.09. The summed E-state index contributed by atoms with van der Waals surface area (Å²) < 4.78 is 15.1. The van der Waals surface area contributed by atoms with E-state index in [9.17, 15) is 14.7 Å². The Hall–Kier alpha value is -2.61. The molecule has 1 saturated heterocycles. The summed E-state index contributed by atoms with van der Waals surface area (Å²) in [5.41, 5.74) is 14.2. The summed E-state index contributed by atoms with van der Waals surface area (Å²) in [6.45, 7) is 1.23. The van der Waals surface area contributed by atoms with Gasteiger partial charge in [0.05, 0.1) is 22.7 Å². The van der Waals surface area contributed by atoms with E-state index in [0.717, 1.165) is 24.1 Å². The largest absolute Gasteiger partial charge is 0.481 e. The summed E-state index contributed by atoms with van der Waals surface area (Å²) in [6, 6.07) is 1.15. The molecule has 1 aliphatic carbocycles. The molecule has 1 fully saturated rings. The third-order valence-corrected chi connectivity index (χ3v) is 5.78. The average molecular weight is 374 g/mol. The highest BCUT2D eigenvalue weighted by Crippen LogP contribution is 2.41. The number of carboxylic acids is 1. The number of hydrogen-bond acceptors (Lipinski definition) is 4. The molecule has 27 heavy (non-hydrogen) atoms. The minimum absolute atomic E-state index is 0.0322. The van der Waals surface area contributed by atoms with Crippen molar-refractivity contribution in [3.63, 3.8) is 0 Å². The first-order valence-electron chi connectivity index (χ1n) is 9.26. The third-order valence-electron chi connectivity index (χ3n) is 5.78. The van der Waals surface area contributed by atoms with Crippen molar-refractivity contribution in [1.82, 2.24) is 4.98 Å². The maximum Gasteiger partial charge on any atom is 0.306 e. The number of aliphatic carboxylic acids is 1. The number of piperidine rings is 1. The number of nitrogens with zero attached hydrogens (tertiary/aromatic N) is 1. The highest BCUT2D eigenvalue weighted by molar-refractivity contribution is 6.10. The standard InChI is InChI=1S/C19H23FN4O3/c20-13-7-12(18(22)25)16-15(17(13)24-5-1-2-10(21)8-24)11-4-3-9(19(26)27)6-14(11)23-16/h7,9-10,23H,1-6,8,21H2,(H2,22,25)(H,26,27)/t9?,10-/m0/s1.